The summed E-state index contributed by atoms with van der Waals surface area (Å²) in [7, 11) is 0. The Balaban J connectivity index is 2.19. The van der Waals surface area contributed by atoms with Crippen molar-refractivity contribution in [3.63, 3.8) is 0 Å². The van der Waals surface area contributed by atoms with Gasteiger partial charge in [-0.1, -0.05) is 33.3 Å². The molecule has 0 aliphatic carbocycles. The summed E-state index contributed by atoms with van der Waals surface area (Å²) in [6, 6.07) is 7.91. The molecule has 3 nitrogen and oxygen atoms in total. The van der Waals surface area contributed by atoms with E-state index in [1.54, 1.807) is 5.51 Å². The molecule has 0 radical (unpaired) electrons. The van der Waals surface area contributed by atoms with Crippen molar-refractivity contribution < 1.29 is 0 Å². The quantitative estimate of drug-likeness (QED) is 0.897. The van der Waals surface area contributed by atoms with Gasteiger partial charge in [-0.2, -0.15) is 0 Å². The lowest BCUT2D eigenvalue weighted by Crippen LogP contribution is -1.88. The number of aromatic nitrogens is 2. The van der Waals surface area contributed by atoms with E-state index >= 15 is 0 Å². The van der Waals surface area contributed by atoms with Crippen molar-refractivity contribution in [3.8, 4) is 0 Å². The third kappa shape index (κ3) is 2.26. The van der Waals surface area contributed by atoms with E-state index in [-0.39, 0.29) is 0 Å². The normalized spacial score (nSPS) is 9.92. The molecule has 0 aliphatic rings. The van der Waals surface area contributed by atoms with E-state index in [0.29, 0.717) is 0 Å². The number of halogens is 1. The van der Waals surface area contributed by atoms with Gasteiger partial charge in [-0.15, -0.1) is 10.2 Å². The van der Waals surface area contributed by atoms with Crippen molar-refractivity contribution in [2.75, 3.05) is 5.32 Å². The van der Waals surface area contributed by atoms with Crippen LogP contribution in [0.2, 0.25) is 0 Å². The van der Waals surface area contributed by atoms with Crippen molar-refractivity contribution in [1.82, 2.24) is 10.2 Å². The van der Waals surface area contributed by atoms with Crippen LogP contribution in [0.15, 0.2) is 34.2 Å². The van der Waals surface area contributed by atoms with Crippen molar-refractivity contribution >= 4 is 38.1 Å². The zero-order valence-corrected chi connectivity index (χ0v) is 8.97. The molecule has 0 bridgehead atoms. The van der Waals surface area contributed by atoms with Crippen LogP contribution in [0.4, 0.5) is 10.8 Å². The molecule has 0 fully saturated rings. The first-order chi connectivity index (χ1) is 6.34. The summed E-state index contributed by atoms with van der Waals surface area (Å²) in [6.45, 7) is 0. The van der Waals surface area contributed by atoms with Gasteiger partial charge in [0.25, 0.3) is 0 Å². The molecule has 2 aromatic rings. The van der Waals surface area contributed by atoms with E-state index < -0.39 is 0 Å². The Bertz CT molecular complexity index is 388. The van der Waals surface area contributed by atoms with Crippen LogP contribution in [-0.2, 0) is 0 Å². The predicted molar refractivity (Wildman–Crippen MR) is 57.3 cm³/mol. The van der Waals surface area contributed by atoms with E-state index in [2.05, 4.69) is 31.4 Å². The minimum absolute atomic E-state index is 0.804. The monoisotopic (exact) mass is 255 g/mol. The number of nitrogens with zero attached hydrogens (tertiary/aromatic N) is 2. The zero-order chi connectivity index (χ0) is 9.10. The zero-order valence-electron chi connectivity index (χ0n) is 6.57. The molecule has 0 saturated carbocycles. The number of benzene rings is 1. The molecule has 1 N–H and O–H groups in total. The van der Waals surface area contributed by atoms with Crippen molar-refractivity contribution in [2.24, 2.45) is 0 Å². The Labute approximate surface area is 88.0 Å². The van der Waals surface area contributed by atoms with Gasteiger partial charge >= 0.3 is 0 Å². The molecular weight excluding hydrogens is 250 g/mol. The number of nitrogens with one attached hydrogen (secondary N) is 1. The average molecular weight is 256 g/mol. The average Bonchev–Trinajstić information content (AvgIpc) is 2.57. The summed E-state index contributed by atoms with van der Waals surface area (Å²) < 4.78 is 1.04. The lowest BCUT2D eigenvalue weighted by Gasteiger charge is -2.00. The molecule has 0 unspecified atom stereocenters. The Hall–Kier alpha value is -0.940. The fraction of sp³-hybridized carbons (Fsp3) is 0. The van der Waals surface area contributed by atoms with Crippen molar-refractivity contribution in [1.29, 1.82) is 0 Å². The highest BCUT2D eigenvalue weighted by molar-refractivity contribution is 9.10. The van der Waals surface area contributed by atoms with E-state index in [1.807, 2.05) is 24.3 Å². The molecule has 2 rings (SSSR count). The molecule has 0 aliphatic heterocycles. The third-order valence-corrected chi connectivity index (χ3v) is 2.54. The Kier molecular flexibility index (Phi) is 2.56. The highest BCUT2D eigenvalue weighted by Gasteiger charge is 1.96. The second-order valence-electron chi connectivity index (χ2n) is 2.38. The number of hydrogen-bond donors (Lipinski definition) is 1. The topological polar surface area (TPSA) is 37.8 Å². The molecule has 1 heterocycles. The van der Waals surface area contributed by atoms with Crippen LogP contribution < -0.4 is 5.32 Å². The van der Waals surface area contributed by atoms with Gasteiger partial charge in [0.05, 0.1) is 0 Å². The van der Waals surface area contributed by atoms with E-state index in [4.69, 9.17) is 0 Å². The van der Waals surface area contributed by atoms with Crippen LogP contribution >= 0.6 is 27.3 Å². The molecule has 0 amide bonds. The maximum atomic E-state index is 3.88. The molecule has 0 spiro atoms. The summed E-state index contributed by atoms with van der Waals surface area (Å²) in [4.78, 5) is 0. The second kappa shape index (κ2) is 3.85. The summed E-state index contributed by atoms with van der Waals surface area (Å²) >= 11 is 4.87. The van der Waals surface area contributed by atoms with Crippen LogP contribution in [0.1, 0.15) is 0 Å². The molecule has 1 aromatic carbocycles. The smallest absolute Gasteiger partial charge is 0.209 e. The summed E-state index contributed by atoms with van der Waals surface area (Å²) in [5.41, 5.74) is 2.70. The maximum absolute atomic E-state index is 3.88. The van der Waals surface area contributed by atoms with Gasteiger partial charge < -0.3 is 5.32 Å². The van der Waals surface area contributed by atoms with Crippen LogP contribution in [0.5, 0.6) is 0 Å². The molecule has 0 atom stereocenters. The number of anilines is 2. The Morgan fingerprint density at radius 3 is 3.00 bits per heavy atom. The molecule has 66 valence electrons. The van der Waals surface area contributed by atoms with Crippen LogP contribution in [0.3, 0.4) is 0 Å². The SMILES string of the molecule is Brc1cccc(Nc2nncs2)c1. The summed E-state index contributed by atoms with van der Waals surface area (Å²) in [5, 5.41) is 11.6. The first kappa shape index (κ1) is 8.65. The van der Waals surface area contributed by atoms with Gasteiger partial charge in [-0.05, 0) is 18.2 Å². The molecule has 5 heteroatoms. The highest BCUT2D eigenvalue weighted by Crippen LogP contribution is 2.20. The first-order valence-electron chi connectivity index (χ1n) is 3.63. The van der Waals surface area contributed by atoms with Crippen LogP contribution in [0, 0.1) is 0 Å². The first-order valence-corrected chi connectivity index (χ1v) is 5.30. The van der Waals surface area contributed by atoms with Gasteiger partial charge in [0.1, 0.15) is 5.51 Å². The molecule has 13 heavy (non-hydrogen) atoms. The summed E-state index contributed by atoms with van der Waals surface area (Å²) in [6.07, 6.45) is 0. The van der Waals surface area contributed by atoms with Crippen molar-refractivity contribution in [2.45, 2.75) is 0 Å². The van der Waals surface area contributed by atoms with Crippen molar-refractivity contribution in [3.05, 3.63) is 34.2 Å². The maximum Gasteiger partial charge on any atom is 0.209 e. The molecule has 0 saturated heterocycles. The predicted octanol–water partition coefficient (Wildman–Crippen LogP) is 3.04. The van der Waals surface area contributed by atoms with E-state index in [9.17, 15) is 0 Å². The number of hydrogen-bond acceptors (Lipinski definition) is 4. The third-order valence-electron chi connectivity index (χ3n) is 1.44. The summed E-state index contributed by atoms with van der Waals surface area (Å²) in [5.74, 6) is 0. The standard InChI is InChI=1S/C8H6BrN3S/c9-6-2-1-3-7(4-6)11-8-12-10-5-13-8/h1-5H,(H,11,12). The highest BCUT2D eigenvalue weighted by atomic mass is 79.9. The minimum atomic E-state index is 0.804. The van der Waals surface area contributed by atoms with Gasteiger partial charge in [0, 0.05) is 10.2 Å². The lowest BCUT2D eigenvalue weighted by molar-refractivity contribution is 1.09. The Morgan fingerprint density at radius 2 is 2.31 bits per heavy atom. The van der Waals surface area contributed by atoms with Crippen LogP contribution in [0.25, 0.3) is 0 Å². The minimum Gasteiger partial charge on any atom is -0.330 e. The van der Waals surface area contributed by atoms with Gasteiger partial charge in [0.15, 0.2) is 0 Å². The van der Waals surface area contributed by atoms with E-state index in [0.717, 1.165) is 15.3 Å². The fourth-order valence-electron chi connectivity index (χ4n) is 0.917. The van der Waals surface area contributed by atoms with Gasteiger partial charge in [0.2, 0.25) is 5.13 Å². The Morgan fingerprint density at radius 1 is 1.38 bits per heavy atom. The molecular formula is C8H6BrN3S. The fourth-order valence-corrected chi connectivity index (χ4v) is 1.78. The van der Waals surface area contributed by atoms with E-state index in [1.165, 1.54) is 11.3 Å². The molecule has 1 aromatic heterocycles. The number of rotatable bonds is 2. The van der Waals surface area contributed by atoms with Gasteiger partial charge in [-0.3, -0.25) is 0 Å². The van der Waals surface area contributed by atoms with Gasteiger partial charge in [-0.25, -0.2) is 0 Å². The largest absolute Gasteiger partial charge is 0.330 e. The van der Waals surface area contributed by atoms with Crippen LogP contribution in [-0.4, -0.2) is 10.2 Å². The lowest BCUT2D eigenvalue weighted by atomic mass is 10.3. The second-order valence-corrected chi connectivity index (χ2v) is 4.13.